The first-order valence-electron chi connectivity index (χ1n) is 5.49. The summed E-state index contributed by atoms with van der Waals surface area (Å²) in [5.74, 6) is 0. The van der Waals surface area contributed by atoms with Crippen molar-refractivity contribution in [3.05, 3.63) is 47.3 Å². The van der Waals surface area contributed by atoms with E-state index in [4.69, 9.17) is 0 Å². The summed E-state index contributed by atoms with van der Waals surface area (Å²) in [6.45, 7) is 2.15. The van der Waals surface area contributed by atoms with Gasteiger partial charge in [-0.25, -0.2) is 4.98 Å². The monoisotopic (exact) mass is 232 g/mol. The van der Waals surface area contributed by atoms with E-state index in [1.807, 2.05) is 12.3 Å². The van der Waals surface area contributed by atoms with E-state index in [2.05, 4.69) is 41.2 Å². The molecular weight excluding hydrogens is 216 g/mol. The fourth-order valence-electron chi connectivity index (χ4n) is 1.75. The molecule has 0 spiro atoms. The zero-order valence-corrected chi connectivity index (χ0v) is 10.5. The highest BCUT2D eigenvalue weighted by molar-refractivity contribution is 7.98. The number of rotatable bonds is 4. The largest absolute Gasteiger partial charge is 0.336 e. The van der Waals surface area contributed by atoms with Crippen LogP contribution in [0, 0.1) is 0 Å². The number of aryl methyl sites for hydroxylation is 1. The van der Waals surface area contributed by atoms with Crippen molar-refractivity contribution >= 4 is 11.8 Å². The predicted molar refractivity (Wildman–Crippen MR) is 69.0 cm³/mol. The first kappa shape index (κ1) is 11.3. The molecule has 0 aliphatic rings. The van der Waals surface area contributed by atoms with Crippen LogP contribution in [0.15, 0.2) is 35.5 Å². The Bertz CT molecular complexity index is 448. The molecule has 0 atom stereocenters. The molecule has 3 heteroatoms. The van der Waals surface area contributed by atoms with Gasteiger partial charge >= 0.3 is 0 Å². The highest BCUT2D eigenvalue weighted by Gasteiger charge is 2.08. The van der Waals surface area contributed by atoms with E-state index >= 15 is 0 Å². The third kappa shape index (κ3) is 2.47. The van der Waals surface area contributed by atoms with Crippen molar-refractivity contribution < 1.29 is 0 Å². The Morgan fingerprint density at radius 3 is 2.62 bits per heavy atom. The van der Waals surface area contributed by atoms with Crippen LogP contribution in [0.2, 0.25) is 0 Å². The van der Waals surface area contributed by atoms with E-state index < -0.39 is 0 Å². The van der Waals surface area contributed by atoms with Crippen molar-refractivity contribution in [3.8, 4) is 0 Å². The normalized spacial score (nSPS) is 10.6. The molecule has 1 aromatic carbocycles. The number of hydrogen-bond acceptors (Lipinski definition) is 2. The minimum Gasteiger partial charge on any atom is -0.336 e. The molecule has 2 aromatic rings. The molecule has 0 aliphatic carbocycles. The SMILES string of the molecule is CCc1nc(SC)[nH]c1Cc1ccccc1. The Kier molecular flexibility index (Phi) is 3.67. The number of nitrogens with zero attached hydrogens (tertiary/aromatic N) is 1. The topological polar surface area (TPSA) is 28.7 Å². The molecular formula is C13H16N2S. The maximum atomic E-state index is 4.55. The molecule has 0 bridgehead atoms. The lowest BCUT2D eigenvalue weighted by Gasteiger charge is -2.00. The predicted octanol–water partition coefficient (Wildman–Crippen LogP) is 3.28. The van der Waals surface area contributed by atoms with Crippen molar-refractivity contribution in [1.29, 1.82) is 0 Å². The molecule has 0 unspecified atom stereocenters. The molecule has 1 aromatic heterocycles. The van der Waals surface area contributed by atoms with Crippen LogP contribution >= 0.6 is 11.8 Å². The molecule has 2 nitrogen and oxygen atoms in total. The van der Waals surface area contributed by atoms with Crippen LogP contribution in [0.25, 0.3) is 0 Å². The quantitative estimate of drug-likeness (QED) is 0.819. The molecule has 0 amide bonds. The van der Waals surface area contributed by atoms with Gasteiger partial charge in [0, 0.05) is 12.1 Å². The van der Waals surface area contributed by atoms with Crippen LogP contribution in [0.3, 0.4) is 0 Å². The molecule has 1 N–H and O–H groups in total. The lowest BCUT2D eigenvalue weighted by Crippen LogP contribution is -1.93. The van der Waals surface area contributed by atoms with Crippen molar-refractivity contribution in [2.45, 2.75) is 24.9 Å². The number of hydrogen-bond donors (Lipinski definition) is 1. The summed E-state index contributed by atoms with van der Waals surface area (Å²) in [6.07, 6.45) is 3.97. The number of benzene rings is 1. The van der Waals surface area contributed by atoms with E-state index in [1.165, 1.54) is 17.0 Å². The average Bonchev–Trinajstić information content (AvgIpc) is 2.73. The van der Waals surface area contributed by atoms with E-state index in [0.29, 0.717) is 0 Å². The van der Waals surface area contributed by atoms with Crippen molar-refractivity contribution in [2.75, 3.05) is 6.26 Å². The van der Waals surface area contributed by atoms with Gasteiger partial charge in [-0.05, 0) is 18.2 Å². The standard InChI is InChI=1S/C13H16N2S/c1-3-11-12(15-13(14-11)16-2)9-10-7-5-4-6-8-10/h4-8H,3,9H2,1-2H3,(H,14,15). The zero-order valence-electron chi connectivity index (χ0n) is 9.66. The van der Waals surface area contributed by atoms with Crippen molar-refractivity contribution in [2.24, 2.45) is 0 Å². The van der Waals surface area contributed by atoms with Crippen LogP contribution < -0.4 is 0 Å². The van der Waals surface area contributed by atoms with Gasteiger partial charge in [-0.3, -0.25) is 0 Å². The molecule has 2 rings (SSSR count). The third-order valence-electron chi connectivity index (χ3n) is 2.59. The summed E-state index contributed by atoms with van der Waals surface area (Å²) in [4.78, 5) is 7.93. The van der Waals surface area contributed by atoms with Crippen LogP contribution in [-0.4, -0.2) is 16.2 Å². The summed E-state index contributed by atoms with van der Waals surface area (Å²) < 4.78 is 0. The van der Waals surface area contributed by atoms with Gasteiger partial charge in [-0.15, -0.1) is 0 Å². The summed E-state index contributed by atoms with van der Waals surface area (Å²) in [7, 11) is 0. The number of imidazole rings is 1. The highest BCUT2D eigenvalue weighted by atomic mass is 32.2. The molecule has 1 heterocycles. The van der Waals surface area contributed by atoms with E-state index in [9.17, 15) is 0 Å². The fourth-order valence-corrected chi connectivity index (χ4v) is 2.18. The maximum absolute atomic E-state index is 4.55. The van der Waals surface area contributed by atoms with Gasteiger partial charge in [-0.2, -0.15) is 0 Å². The summed E-state index contributed by atoms with van der Waals surface area (Å²) in [5.41, 5.74) is 3.76. The van der Waals surface area contributed by atoms with Gasteiger partial charge in [0.1, 0.15) is 0 Å². The minimum absolute atomic E-state index is 0.942. The second kappa shape index (κ2) is 5.21. The van der Waals surface area contributed by atoms with Crippen molar-refractivity contribution in [3.63, 3.8) is 0 Å². The number of thioether (sulfide) groups is 1. The van der Waals surface area contributed by atoms with Crippen LogP contribution in [-0.2, 0) is 12.8 Å². The van der Waals surface area contributed by atoms with E-state index in [-0.39, 0.29) is 0 Å². The molecule has 0 fully saturated rings. The smallest absolute Gasteiger partial charge is 0.165 e. The number of aromatic amines is 1. The van der Waals surface area contributed by atoms with Gasteiger partial charge in [0.25, 0.3) is 0 Å². The fraction of sp³-hybridized carbons (Fsp3) is 0.308. The van der Waals surface area contributed by atoms with Crippen molar-refractivity contribution in [1.82, 2.24) is 9.97 Å². The van der Waals surface area contributed by atoms with Gasteiger partial charge < -0.3 is 4.98 Å². The summed E-state index contributed by atoms with van der Waals surface area (Å²) >= 11 is 1.66. The molecule has 0 saturated carbocycles. The first-order chi connectivity index (χ1) is 7.83. The van der Waals surface area contributed by atoms with Gasteiger partial charge in [-0.1, -0.05) is 49.0 Å². The lowest BCUT2D eigenvalue weighted by atomic mass is 10.1. The van der Waals surface area contributed by atoms with E-state index in [0.717, 1.165) is 18.0 Å². The Hall–Kier alpha value is -1.22. The Labute approximate surface area is 101 Å². The molecule has 0 saturated heterocycles. The Morgan fingerprint density at radius 1 is 1.25 bits per heavy atom. The van der Waals surface area contributed by atoms with Gasteiger partial charge in [0.15, 0.2) is 5.16 Å². The third-order valence-corrected chi connectivity index (χ3v) is 3.17. The Balaban J connectivity index is 2.23. The zero-order chi connectivity index (χ0) is 11.4. The maximum Gasteiger partial charge on any atom is 0.165 e. The van der Waals surface area contributed by atoms with Crippen LogP contribution in [0.5, 0.6) is 0 Å². The number of H-pyrrole nitrogens is 1. The van der Waals surface area contributed by atoms with E-state index in [1.54, 1.807) is 11.8 Å². The first-order valence-corrected chi connectivity index (χ1v) is 6.71. The lowest BCUT2D eigenvalue weighted by molar-refractivity contribution is 0.992. The second-order valence-electron chi connectivity index (χ2n) is 3.69. The summed E-state index contributed by atoms with van der Waals surface area (Å²) in [5, 5.41) is 1.02. The second-order valence-corrected chi connectivity index (χ2v) is 4.48. The minimum atomic E-state index is 0.942. The van der Waals surface area contributed by atoms with Crippen LogP contribution in [0.4, 0.5) is 0 Å². The Morgan fingerprint density at radius 2 is 2.00 bits per heavy atom. The molecule has 84 valence electrons. The molecule has 0 aliphatic heterocycles. The van der Waals surface area contributed by atoms with Crippen LogP contribution in [0.1, 0.15) is 23.9 Å². The summed E-state index contributed by atoms with van der Waals surface area (Å²) in [6, 6.07) is 10.5. The number of aromatic nitrogens is 2. The molecule has 16 heavy (non-hydrogen) atoms. The van der Waals surface area contributed by atoms with Gasteiger partial charge in [0.05, 0.1) is 5.69 Å². The number of nitrogens with one attached hydrogen (secondary N) is 1. The molecule has 0 radical (unpaired) electrons. The van der Waals surface area contributed by atoms with Gasteiger partial charge in [0.2, 0.25) is 0 Å². The average molecular weight is 232 g/mol. The highest BCUT2D eigenvalue weighted by Crippen LogP contribution is 2.17.